The fourth-order valence-corrected chi connectivity index (χ4v) is 4.34. The first-order valence-corrected chi connectivity index (χ1v) is 11.4. The molecule has 2 N–H and O–H groups in total. The number of nitrogens with zero attached hydrogens (tertiary/aromatic N) is 3. The average Bonchev–Trinajstić information content (AvgIpc) is 3.27. The van der Waals surface area contributed by atoms with Gasteiger partial charge in [-0.15, -0.1) is 0 Å². The van der Waals surface area contributed by atoms with Gasteiger partial charge in [-0.1, -0.05) is 24.3 Å². The molecule has 1 amide bonds. The molecule has 0 atom stereocenters. The largest absolute Gasteiger partial charge is 0.386 e. The quantitative estimate of drug-likeness (QED) is 0.538. The molecule has 1 aliphatic heterocycles. The number of fused-ring (bicyclic) bond motifs is 1. The number of hydrogen-bond acceptors (Lipinski definition) is 5. The van der Waals surface area contributed by atoms with Gasteiger partial charge in [0.15, 0.2) is 5.78 Å². The third kappa shape index (κ3) is 5.22. The highest BCUT2D eigenvalue weighted by Crippen LogP contribution is 2.25. The van der Waals surface area contributed by atoms with Crippen LogP contribution in [0.4, 0.5) is 0 Å². The van der Waals surface area contributed by atoms with E-state index in [1.54, 1.807) is 61.0 Å². The number of piperidine rings is 1. The van der Waals surface area contributed by atoms with Gasteiger partial charge in [0.25, 0.3) is 5.56 Å². The molecule has 8 heteroatoms. The fourth-order valence-electron chi connectivity index (χ4n) is 4.34. The lowest BCUT2D eigenvalue weighted by atomic mass is 9.87. The van der Waals surface area contributed by atoms with Crippen LogP contribution in [0.25, 0.3) is 5.52 Å². The SMILES string of the molecule is CC(C)(O)c1ccc(C(=O)C2CCN(C(=O)CCCc3nn4cccc4c(=O)[nH]3)CC2)cc1. The van der Waals surface area contributed by atoms with E-state index in [1.165, 1.54) is 0 Å². The van der Waals surface area contributed by atoms with Crippen LogP contribution >= 0.6 is 0 Å². The summed E-state index contributed by atoms with van der Waals surface area (Å²) in [7, 11) is 0. The van der Waals surface area contributed by atoms with E-state index in [-0.39, 0.29) is 23.2 Å². The van der Waals surface area contributed by atoms with Crippen molar-refractivity contribution in [1.29, 1.82) is 0 Å². The number of aromatic nitrogens is 3. The number of aliphatic hydroxyl groups is 1. The Bertz CT molecular complexity index is 1200. The molecule has 3 aromatic rings. The maximum atomic E-state index is 12.9. The minimum atomic E-state index is -0.937. The Labute approximate surface area is 192 Å². The van der Waals surface area contributed by atoms with Gasteiger partial charge in [-0.25, -0.2) is 4.52 Å². The van der Waals surface area contributed by atoms with Crippen molar-refractivity contribution in [2.45, 2.75) is 51.6 Å². The highest BCUT2D eigenvalue weighted by Gasteiger charge is 2.28. The number of likely N-dealkylation sites (tertiary alicyclic amines) is 1. The molecule has 8 nitrogen and oxygen atoms in total. The molecule has 1 aromatic carbocycles. The van der Waals surface area contributed by atoms with Gasteiger partial charge in [0.1, 0.15) is 11.3 Å². The van der Waals surface area contributed by atoms with Crippen molar-refractivity contribution in [3.63, 3.8) is 0 Å². The summed E-state index contributed by atoms with van der Waals surface area (Å²) < 4.78 is 1.55. The number of amides is 1. The Morgan fingerprint density at radius 2 is 1.85 bits per heavy atom. The van der Waals surface area contributed by atoms with Crippen LogP contribution < -0.4 is 5.56 Å². The predicted octanol–water partition coefficient (Wildman–Crippen LogP) is 2.69. The number of H-pyrrole nitrogens is 1. The maximum Gasteiger partial charge on any atom is 0.275 e. The zero-order valence-electron chi connectivity index (χ0n) is 19.1. The zero-order valence-corrected chi connectivity index (χ0v) is 19.1. The van der Waals surface area contributed by atoms with Gasteiger partial charge >= 0.3 is 0 Å². The van der Waals surface area contributed by atoms with E-state index < -0.39 is 5.60 Å². The van der Waals surface area contributed by atoms with E-state index in [1.807, 2.05) is 4.90 Å². The molecule has 174 valence electrons. The second-order valence-corrected chi connectivity index (χ2v) is 9.25. The topological polar surface area (TPSA) is 108 Å². The van der Waals surface area contributed by atoms with Crippen LogP contribution in [0.3, 0.4) is 0 Å². The summed E-state index contributed by atoms with van der Waals surface area (Å²) in [5.74, 6) is 0.640. The van der Waals surface area contributed by atoms with Crippen molar-refractivity contribution in [2.24, 2.45) is 5.92 Å². The lowest BCUT2D eigenvalue weighted by molar-refractivity contribution is -0.132. The van der Waals surface area contributed by atoms with Crippen molar-refractivity contribution in [1.82, 2.24) is 19.5 Å². The lowest BCUT2D eigenvalue weighted by Gasteiger charge is -2.31. The molecule has 0 spiro atoms. The maximum absolute atomic E-state index is 12.9. The Hall–Kier alpha value is -3.26. The van der Waals surface area contributed by atoms with Crippen molar-refractivity contribution < 1.29 is 14.7 Å². The van der Waals surface area contributed by atoms with Crippen molar-refractivity contribution in [3.8, 4) is 0 Å². The van der Waals surface area contributed by atoms with E-state index in [9.17, 15) is 19.5 Å². The standard InChI is InChI=1S/C25H30N4O4/c1-25(2,33)19-10-8-17(9-11-19)23(31)18-12-15-28(16-13-18)22(30)7-3-6-21-26-24(32)20-5-4-14-29(20)27-21/h4-5,8-11,14,18,33H,3,6-7,12-13,15-16H2,1-2H3,(H,26,27,32). The number of aryl methyl sites for hydroxylation is 1. The molecule has 3 heterocycles. The summed E-state index contributed by atoms with van der Waals surface area (Å²) in [4.78, 5) is 42.1. The highest BCUT2D eigenvalue weighted by molar-refractivity contribution is 5.98. The predicted molar refractivity (Wildman–Crippen MR) is 124 cm³/mol. The van der Waals surface area contributed by atoms with Gasteiger partial charge in [0, 0.05) is 43.6 Å². The summed E-state index contributed by atoms with van der Waals surface area (Å²) in [6.07, 6.45) is 4.52. The molecule has 0 bridgehead atoms. The van der Waals surface area contributed by atoms with E-state index in [0.29, 0.717) is 62.1 Å². The summed E-state index contributed by atoms with van der Waals surface area (Å²) >= 11 is 0. The van der Waals surface area contributed by atoms with E-state index >= 15 is 0 Å². The molecular weight excluding hydrogens is 420 g/mol. The van der Waals surface area contributed by atoms with E-state index in [0.717, 1.165) is 5.56 Å². The molecule has 0 unspecified atom stereocenters. The van der Waals surface area contributed by atoms with Crippen LogP contribution in [0.1, 0.15) is 61.3 Å². The normalized spacial score (nSPS) is 15.2. The molecule has 33 heavy (non-hydrogen) atoms. The monoisotopic (exact) mass is 450 g/mol. The van der Waals surface area contributed by atoms with E-state index in [4.69, 9.17) is 0 Å². The Balaban J connectivity index is 1.25. The van der Waals surface area contributed by atoms with Gasteiger partial charge in [0.05, 0.1) is 5.60 Å². The summed E-state index contributed by atoms with van der Waals surface area (Å²) in [6.45, 7) is 4.57. The molecule has 4 rings (SSSR count). The number of rotatable bonds is 7. The molecule has 1 saturated heterocycles. The number of ketones is 1. The van der Waals surface area contributed by atoms with Crippen molar-refractivity contribution >= 4 is 17.2 Å². The molecule has 1 aliphatic rings. The molecule has 2 aromatic heterocycles. The number of carbonyl (C=O) groups is 2. The molecule has 0 aliphatic carbocycles. The second kappa shape index (κ2) is 9.31. The third-order valence-corrected chi connectivity index (χ3v) is 6.35. The van der Waals surface area contributed by atoms with Crippen molar-refractivity contribution in [3.05, 3.63) is 69.9 Å². The van der Waals surface area contributed by atoms with Gasteiger partial charge in [-0.05, 0) is 50.8 Å². The van der Waals surface area contributed by atoms with Crippen LogP contribution in [-0.2, 0) is 16.8 Å². The van der Waals surface area contributed by atoms with Crippen LogP contribution in [0.5, 0.6) is 0 Å². The fraction of sp³-hybridized carbons (Fsp3) is 0.440. The molecule has 0 saturated carbocycles. The first-order valence-electron chi connectivity index (χ1n) is 11.4. The average molecular weight is 451 g/mol. The minimum Gasteiger partial charge on any atom is -0.386 e. The Morgan fingerprint density at radius 1 is 1.15 bits per heavy atom. The lowest BCUT2D eigenvalue weighted by Crippen LogP contribution is -2.40. The molecular formula is C25H30N4O4. The van der Waals surface area contributed by atoms with Gasteiger partial charge in [-0.3, -0.25) is 14.4 Å². The van der Waals surface area contributed by atoms with Crippen LogP contribution in [-0.4, -0.2) is 49.4 Å². The highest BCUT2D eigenvalue weighted by atomic mass is 16.3. The number of nitrogens with one attached hydrogen (secondary N) is 1. The summed E-state index contributed by atoms with van der Waals surface area (Å²) in [5, 5.41) is 14.4. The van der Waals surface area contributed by atoms with E-state index in [2.05, 4.69) is 10.1 Å². The Kier molecular flexibility index (Phi) is 6.47. The summed E-state index contributed by atoms with van der Waals surface area (Å²) in [6, 6.07) is 10.6. The first kappa shape index (κ1) is 22.9. The van der Waals surface area contributed by atoms with Crippen LogP contribution in [0.2, 0.25) is 0 Å². The second-order valence-electron chi connectivity index (χ2n) is 9.25. The summed E-state index contributed by atoms with van der Waals surface area (Å²) in [5.41, 5.74) is 0.798. The number of benzene rings is 1. The number of Topliss-reactive ketones (excluding diaryl/α,β-unsaturated/α-hetero) is 1. The minimum absolute atomic E-state index is 0.0693. The zero-order chi connectivity index (χ0) is 23.6. The third-order valence-electron chi connectivity index (χ3n) is 6.35. The van der Waals surface area contributed by atoms with Crippen LogP contribution in [0, 0.1) is 5.92 Å². The number of hydrogen-bond donors (Lipinski definition) is 2. The smallest absolute Gasteiger partial charge is 0.275 e. The molecule has 1 fully saturated rings. The number of aromatic amines is 1. The van der Waals surface area contributed by atoms with Crippen LogP contribution in [0.15, 0.2) is 47.4 Å². The van der Waals surface area contributed by atoms with Gasteiger partial charge in [-0.2, -0.15) is 5.10 Å². The van der Waals surface area contributed by atoms with Gasteiger partial charge < -0.3 is 15.0 Å². The molecule has 0 radical (unpaired) electrons. The van der Waals surface area contributed by atoms with Crippen molar-refractivity contribution in [2.75, 3.05) is 13.1 Å². The van der Waals surface area contributed by atoms with Gasteiger partial charge in [0.2, 0.25) is 5.91 Å². The Morgan fingerprint density at radius 3 is 2.52 bits per heavy atom. The number of carbonyl (C=O) groups excluding carboxylic acids is 2. The first-order chi connectivity index (χ1) is 15.7.